The fraction of sp³-hybridized carbons (Fsp3) is 0.800. The van der Waals surface area contributed by atoms with E-state index < -0.39 is 12.0 Å². The molecule has 5 nitrogen and oxygen atoms in total. The first-order chi connectivity index (χ1) is 7.43. The molecule has 0 saturated carbocycles. The molecule has 0 spiro atoms. The van der Waals surface area contributed by atoms with Crippen LogP contribution in [0.3, 0.4) is 0 Å². The summed E-state index contributed by atoms with van der Waals surface area (Å²) >= 11 is 1.67. The van der Waals surface area contributed by atoms with Crippen molar-refractivity contribution >= 4 is 23.8 Å². The van der Waals surface area contributed by atoms with Gasteiger partial charge in [-0.3, -0.25) is 4.79 Å². The summed E-state index contributed by atoms with van der Waals surface area (Å²) in [6.45, 7) is 3.45. The van der Waals surface area contributed by atoms with Crippen molar-refractivity contribution in [1.82, 2.24) is 10.2 Å². The molecule has 0 fully saturated rings. The van der Waals surface area contributed by atoms with Gasteiger partial charge in [0.15, 0.2) is 0 Å². The second-order valence-corrected chi connectivity index (χ2v) is 4.55. The molecule has 2 unspecified atom stereocenters. The van der Waals surface area contributed by atoms with Crippen LogP contribution in [0.5, 0.6) is 0 Å². The summed E-state index contributed by atoms with van der Waals surface area (Å²) in [5.74, 6) is -0.179. The van der Waals surface area contributed by atoms with Crippen molar-refractivity contribution < 1.29 is 14.7 Å². The number of aliphatic carboxylic acids is 1. The van der Waals surface area contributed by atoms with Crippen molar-refractivity contribution in [2.45, 2.75) is 32.4 Å². The zero-order valence-corrected chi connectivity index (χ0v) is 11.0. The Morgan fingerprint density at radius 1 is 1.50 bits per heavy atom. The van der Waals surface area contributed by atoms with Gasteiger partial charge in [-0.2, -0.15) is 11.8 Å². The lowest BCUT2D eigenvalue weighted by Crippen LogP contribution is -2.49. The number of carbonyl (C=O) groups is 2. The SMILES string of the molecule is CCC(CSC)N(C)C(=O)NC(C)C(=O)O. The number of thioether (sulfide) groups is 1. The Balaban J connectivity index is 4.30. The summed E-state index contributed by atoms with van der Waals surface area (Å²) < 4.78 is 0. The Kier molecular flexibility index (Phi) is 6.96. The average Bonchev–Trinajstić information content (AvgIpc) is 2.24. The molecule has 6 heteroatoms. The number of nitrogens with zero attached hydrogens (tertiary/aromatic N) is 1. The molecule has 0 aromatic rings. The van der Waals surface area contributed by atoms with Crippen LogP contribution in [0.4, 0.5) is 4.79 Å². The van der Waals surface area contributed by atoms with Crippen molar-refractivity contribution in [2.75, 3.05) is 19.1 Å². The fourth-order valence-electron chi connectivity index (χ4n) is 1.21. The van der Waals surface area contributed by atoms with Crippen LogP contribution < -0.4 is 5.32 Å². The van der Waals surface area contributed by atoms with Gasteiger partial charge in [-0.1, -0.05) is 6.92 Å². The molecule has 2 N–H and O–H groups in total. The van der Waals surface area contributed by atoms with E-state index in [2.05, 4.69) is 5.32 Å². The summed E-state index contributed by atoms with van der Waals surface area (Å²) in [5.41, 5.74) is 0. The topological polar surface area (TPSA) is 69.6 Å². The zero-order valence-electron chi connectivity index (χ0n) is 10.2. The number of nitrogens with one attached hydrogen (secondary N) is 1. The van der Waals surface area contributed by atoms with Gasteiger partial charge in [-0.05, 0) is 19.6 Å². The van der Waals surface area contributed by atoms with E-state index in [9.17, 15) is 9.59 Å². The Morgan fingerprint density at radius 2 is 2.06 bits per heavy atom. The summed E-state index contributed by atoms with van der Waals surface area (Å²) in [5, 5.41) is 11.1. The maximum atomic E-state index is 11.7. The van der Waals surface area contributed by atoms with Crippen molar-refractivity contribution in [2.24, 2.45) is 0 Å². The lowest BCUT2D eigenvalue weighted by molar-refractivity contribution is -0.138. The molecular formula is C10H20N2O3S. The van der Waals surface area contributed by atoms with Gasteiger partial charge in [0.05, 0.1) is 0 Å². The van der Waals surface area contributed by atoms with E-state index in [1.165, 1.54) is 6.92 Å². The predicted molar refractivity (Wildman–Crippen MR) is 65.9 cm³/mol. The molecule has 0 bridgehead atoms. The highest BCUT2D eigenvalue weighted by atomic mass is 32.2. The summed E-state index contributed by atoms with van der Waals surface area (Å²) in [7, 11) is 1.69. The van der Waals surface area contributed by atoms with Crippen LogP contribution in [-0.4, -0.2) is 53.1 Å². The third-order valence-corrected chi connectivity index (χ3v) is 3.13. The van der Waals surface area contributed by atoms with Gasteiger partial charge in [0, 0.05) is 18.8 Å². The molecule has 0 aromatic heterocycles. The Labute approximate surface area is 101 Å². The van der Waals surface area contributed by atoms with Crippen LogP contribution in [0.25, 0.3) is 0 Å². The number of hydrogen-bond acceptors (Lipinski definition) is 3. The number of amides is 2. The van der Waals surface area contributed by atoms with Gasteiger partial charge in [0.2, 0.25) is 0 Å². The first-order valence-electron chi connectivity index (χ1n) is 5.19. The monoisotopic (exact) mass is 248 g/mol. The first-order valence-corrected chi connectivity index (χ1v) is 6.58. The van der Waals surface area contributed by atoms with Crippen molar-refractivity contribution in [3.05, 3.63) is 0 Å². The number of carboxylic acids is 1. The Hall–Kier alpha value is -0.910. The summed E-state index contributed by atoms with van der Waals surface area (Å²) in [6.07, 6.45) is 2.83. The van der Waals surface area contributed by atoms with Gasteiger partial charge >= 0.3 is 12.0 Å². The summed E-state index contributed by atoms with van der Waals surface area (Å²) in [6, 6.07) is -1.06. The number of urea groups is 1. The van der Waals surface area contributed by atoms with E-state index in [-0.39, 0.29) is 12.1 Å². The lowest BCUT2D eigenvalue weighted by Gasteiger charge is -2.27. The molecule has 2 amide bonds. The van der Waals surface area contributed by atoms with Crippen molar-refractivity contribution in [1.29, 1.82) is 0 Å². The molecule has 0 saturated heterocycles. The molecular weight excluding hydrogens is 228 g/mol. The Bertz CT molecular complexity index is 248. The second-order valence-electron chi connectivity index (χ2n) is 3.64. The number of hydrogen-bond donors (Lipinski definition) is 2. The third kappa shape index (κ3) is 4.74. The van der Waals surface area contributed by atoms with Crippen LogP contribution >= 0.6 is 11.8 Å². The number of rotatable bonds is 6. The normalized spacial score (nSPS) is 14.0. The van der Waals surface area contributed by atoms with Crippen LogP contribution in [0, 0.1) is 0 Å². The van der Waals surface area contributed by atoms with E-state index in [0.29, 0.717) is 0 Å². The highest BCUT2D eigenvalue weighted by molar-refractivity contribution is 7.98. The average molecular weight is 248 g/mol. The maximum Gasteiger partial charge on any atom is 0.325 e. The minimum atomic E-state index is -1.03. The number of carboxylic acid groups (broad SMARTS) is 1. The van der Waals surface area contributed by atoms with Crippen molar-refractivity contribution in [3.8, 4) is 0 Å². The van der Waals surface area contributed by atoms with E-state index >= 15 is 0 Å². The van der Waals surface area contributed by atoms with Gasteiger partial charge in [-0.15, -0.1) is 0 Å². The third-order valence-electron chi connectivity index (χ3n) is 2.41. The molecule has 0 aliphatic carbocycles. The van der Waals surface area contributed by atoms with E-state index in [1.807, 2.05) is 13.2 Å². The first kappa shape index (κ1) is 15.1. The van der Waals surface area contributed by atoms with E-state index in [0.717, 1.165) is 12.2 Å². The standard InChI is InChI=1S/C10H20N2O3S/c1-5-8(6-16-4)12(3)10(15)11-7(2)9(13)14/h7-8H,5-6H2,1-4H3,(H,11,15)(H,13,14). The van der Waals surface area contributed by atoms with Gasteiger partial charge in [0.25, 0.3) is 0 Å². The highest BCUT2D eigenvalue weighted by Crippen LogP contribution is 2.08. The molecule has 0 rings (SSSR count). The fourth-order valence-corrected chi connectivity index (χ4v) is 2.05. The minimum absolute atomic E-state index is 0.135. The molecule has 94 valence electrons. The van der Waals surface area contributed by atoms with Crippen LogP contribution in [0.2, 0.25) is 0 Å². The van der Waals surface area contributed by atoms with Crippen molar-refractivity contribution in [3.63, 3.8) is 0 Å². The molecule has 0 aliphatic heterocycles. The Morgan fingerprint density at radius 3 is 2.44 bits per heavy atom. The molecule has 0 aliphatic rings. The summed E-state index contributed by atoms with van der Waals surface area (Å²) in [4.78, 5) is 23.8. The molecule has 0 aromatic carbocycles. The zero-order chi connectivity index (χ0) is 12.7. The number of carbonyl (C=O) groups excluding carboxylic acids is 1. The maximum absolute atomic E-state index is 11.7. The van der Waals surface area contributed by atoms with Crippen LogP contribution in [0.1, 0.15) is 20.3 Å². The van der Waals surface area contributed by atoms with E-state index in [1.54, 1.807) is 23.7 Å². The highest BCUT2D eigenvalue weighted by Gasteiger charge is 2.21. The smallest absolute Gasteiger partial charge is 0.325 e. The van der Waals surface area contributed by atoms with Gasteiger partial charge < -0.3 is 15.3 Å². The second kappa shape index (κ2) is 7.38. The molecule has 2 atom stereocenters. The van der Waals surface area contributed by atoms with Gasteiger partial charge in [-0.25, -0.2) is 4.79 Å². The van der Waals surface area contributed by atoms with Crippen LogP contribution in [-0.2, 0) is 4.79 Å². The molecule has 0 radical (unpaired) electrons. The lowest BCUT2D eigenvalue weighted by atomic mass is 10.2. The van der Waals surface area contributed by atoms with Gasteiger partial charge in [0.1, 0.15) is 6.04 Å². The molecule has 16 heavy (non-hydrogen) atoms. The van der Waals surface area contributed by atoms with Crippen LogP contribution in [0.15, 0.2) is 0 Å². The largest absolute Gasteiger partial charge is 0.480 e. The molecule has 0 heterocycles. The minimum Gasteiger partial charge on any atom is -0.480 e. The predicted octanol–water partition coefficient (Wildman–Crippen LogP) is 1.24. The van der Waals surface area contributed by atoms with E-state index in [4.69, 9.17) is 5.11 Å². The quantitative estimate of drug-likeness (QED) is 0.742.